The Bertz CT molecular complexity index is 757. The van der Waals surface area contributed by atoms with Gasteiger partial charge in [-0.3, -0.25) is 9.80 Å². The van der Waals surface area contributed by atoms with Crippen molar-refractivity contribution in [1.29, 1.82) is 0 Å². The molecule has 3 nitrogen and oxygen atoms in total. The van der Waals surface area contributed by atoms with Gasteiger partial charge in [0.25, 0.3) is 0 Å². The van der Waals surface area contributed by atoms with Crippen molar-refractivity contribution in [3.05, 3.63) is 71.3 Å². The second kappa shape index (κ2) is 8.05. The van der Waals surface area contributed by atoms with Gasteiger partial charge in [0.05, 0.1) is 13.2 Å². The zero-order chi connectivity index (χ0) is 18.7. The fourth-order valence-corrected chi connectivity index (χ4v) is 4.28. The minimum absolute atomic E-state index is 0.0262. The molecule has 0 amide bonds. The minimum Gasteiger partial charge on any atom is -0.378 e. The lowest BCUT2D eigenvalue weighted by Gasteiger charge is -2.51. The van der Waals surface area contributed by atoms with Gasteiger partial charge in [0.2, 0.25) is 0 Å². The number of benzene rings is 2. The summed E-state index contributed by atoms with van der Waals surface area (Å²) in [4.78, 5) is 4.83. The number of hydrogen-bond acceptors (Lipinski definition) is 3. The molecule has 2 aromatic rings. The maximum Gasteiger partial charge on any atom is 0.127 e. The van der Waals surface area contributed by atoms with Crippen LogP contribution in [0.1, 0.15) is 24.0 Å². The van der Waals surface area contributed by atoms with Gasteiger partial charge in [-0.25, -0.2) is 8.78 Å². The van der Waals surface area contributed by atoms with Crippen molar-refractivity contribution in [2.75, 3.05) is 32.8 Å². The van der Waals surface area contributed by atoms with Crippen molar-refractivity contribution in [3.8, 4) is 0 Å². The molecule has 2 aliphatic rings. The summed E-state index contributed by atoms with van der Waals surface area (Å²) in [6.45, 7) is 5.70. The smallest absolute Gasteiger partial charge is 0.127 e. The van der Waals surface area contributed by atoms with Gasteiger partial charge in [-0.1, -0.05) is 30.3 Å². The molecule has 0 N–H and O–H groups in total. The Kier molecular flexibility index (Phi) is 5.53. The standard InChI is InChI=1S/C22H26F2N2O/c23-20-7-5-18(6-8-20)15-26-13-14-27-17-22(26)9-11-25(12-10-22)16-19-3-1-2-4-21(19)24/h1-8H,9-17H2. The van der Waals surface area contributed by atoms with Crippen LogP contribution in [-0.4, -0.2) is 48.2 Å². The lowest BCUT2D eigenvalue weighted by Crippen LogP contribution is -2.60. The average molecular weight is 372 g/mol. The van der Waals surface area contributed by atoms with E-state index in [1.165, 1.54) is 18.2 Å². The highest BCUT2D eigenvalue weighted by atomic mass is 19.1. The van der Waals surface area contributed by atoms with Crippen LogP contribution in [-0.2, 0) is 17.8 Å². The fraction of sp³-hybridized carbons (Fsp3) is 0.455. The van der Waals surface area contributed by atoms with E-state index in [1.54, 1.807) is 6.07 Å². The van der Waals surface area contributed by atoms with Crippen LogP contribution in [0.25, 0.3) is 0 Å². The molecule has 0 atom stereocenters. The number of nitrogens with zero attached hydrogens (tertiary/aromatic N) is 2. The monoisotopic (exact) mass is 372 g/mol. The molecule has 0 unspecified atom stereocenters. The third-order valence-electron chi connectivity index (χ3n) is 5.97. The van der Waals surface area contributed by atoms with Crippen molar-refractivity contribution in [1.82, 2.24) is 9.80 Å². The van der Waals surface area contributed by atoms with Crippen LogP contribution in [0.5, 0.6) is 0 Å². The predicted octanol–water partition coefficient (Wildman–Crippen LogP) is 3.83. The van der Waals surface area contributed by atoms with Crippen molar-refractivity contribution in [2.24, 2.45) is 0 Å². The molecule has 2 saturated heterocycles. The lowest BCUT2D eigenvalue weighted by atomic mass is 9.84. The number of halogens is 2. The first-order valence-corrected chi connectivity index (χ1v) is 9.68. The van der Waals surface area contributed by atoms with E-state index < -0.39 is 0 Å². The first-order valence-electron chi connectivity index (χ1n) is 9.68. The van der Waals surface area contributed by atoms with Crippen LogP contribution in [0.15, 0.2) is 48.5 Å². The zero-order valence-corrected chi connectivity index (χ0v) is 15.5. The minimum atomic E-state index is -0.197. The van der Waals surface area contributed by atoms with Gasteiger partial charge in [0.15, 0.2) is 0 Å². The molecule has 2 fully saturated rings. The molecule has 27 heavy (non-hydrogen) atoms. The Balaban J connectivity index is 1.41. The van der Waals surface area contributed by atoms with E-state index in [1.807, 2.05) is 24.3 Å². The van der Waals surface area contributed by atoms with Crippen LogP contribution >= 0.6 is 0 Å². The molecule has 4 rings (SSSR count). The first-order chi connectivity index (χ1) is 13.1. The van der Waals surface area contributed by atoms with E-state index in [9.17, 15) is 8.78 Å². The largest absolute Gasteiger partial charge is 0.378 e. The summed E-state index contributed by atoms with van der Waals surface area (Å²) in [5, 5.41) is 0. The van der Waals surface area contributed by atoms with Crippen LogP contribution < -0.4 is 0 Å². The van der Waals surface area contributed by atoms with E-state index in [0.717, 1.165) is 63.4 Å². The summed E-state index contributed by atoms with van der Waals surface area (Å²) in [5.41, 5.74) is 1.92. The number of hydrogen-bond donors (Lipinski definition) is 0. The van der Waals surface area contributed by atoms with Gasteiger partial charge in [-0.05, 0) is 36.6 Å². The van der Waals surface area contributed by atoms with Gasteiger partial charge in [0.1, 0.15) is 11.6 Å². The Morgan fingerprint density at radius 3 is 2.37 bits per heavy atom. The van der Waals surface area contributed by atoms with E-state index >= 15 is 0 Å². The highest BCUT2D eigenvalue weighted by molar-refractivity contribution is 5.18. The fourth-order valence-electron chi connectivity index (χ4n) is 4.28. The summed E-state index contributed by atoms with van der Waals surface area (Å²) >= 11 is 0. The molecule has 0 aliphatic carbocycles. The average Bonchev–Trinajstić information content (AvgIpc) is 2.69. The predicted molar refractivity (Wildman–Crippen MR) is 101 cm³/mol. The molecule has 2 aliphatic heterocycles. The van der Waals surface area contributed by atoms with Gasteiger partial charge in [-0.15, -0.1) is 0 Å². The Labute approximate surface area is 159 Å². The van der Waals surface area contributed by atoms with Gasteiger partial charge in [0, 0.05) is 43.8 Å². The first kappa shape index (κ1) is 18.5. The highest BCUT2D eigenvalue weighted by Crippen LogP contribution is 2.33. The third-order valence-corrected chi connectivity index (χ3v) is 5.97. The molecule has 0 aromatic heterocycles. The highest BCUT2D eigenvalue weighted by Gasteiger charge is 2.42. The Morgan fingerprint density at radius 2 is 1.63 bits per heavy atom. The summed E-state index contributed by atoms with van der Waals surface area (Å²) in [6, 6.07) is 13.8. The second-order valence-corrected chi connectivity index (χ2v) is 7.69. The van der Waals surface area contributed by atoms with Crippen LogP contribution in [0.2, 0.25) is 0 Å². The maximum atomic E-state index is 13.9. The topological polar surface area (TPSA) is 15.7 Å². The normalized spacial score (nSPS) is 20.8. The van der Waals surface area contributed by atoms with E-state index in [4.69, 9.17) is 4.74 Å². The number of rotatable bonds is 4. The molecular weight excluding hydrogens is 346 g/mol. The molecule has 5 heteroatoms. The molecule has 0 saturated carbocycles. The van der Waals surface area contributed by atoms with Gasteiger partial charge >= 0.3 is 0 Å². The molecule has 2 aromatic carbocycles. The quantitative estimate of drug-likeness (QED) is 0.811. The maximum absolute atomic E-state index is 13.9. The molecule has 0 bridgehead atoms. The van der Waals surface area contributed by atoms with Crippen molar-refractivity contribution in [2.45, 2.75) is 31.5 Å². The second-order valence-electron chi connectivity index (χ2n) is 7.69. The summed E-state index contributed by atoms with van der Waals surface area (Å²) in [7, 11) is 0. The van der Waals surface area contributed by atoms with E-state index in [-0.39, 0.29) is 17.2 Å². The van der Waals surface area contributed by atoms with Gasteiger partial charge in [-0.2, -0.15) is 0 Å². The molecular formula is C22H26F2N2O. The van der Waals surface area contributed by atoms with Crippen LogP contribution in [0, 0.1) is 11.6 Å². The zero-order valence-electron chi connectivity index (χ0n) is 15.5. The number of likely N-dealkylation sites (tertiary alicyclic amines) is 1. The molecule has 0 radical (unpaired) electrons. The van der Waals surface area contributed by atoms with Crippen LogP contribution in [0.4, 0.5) is 8.78 Å². The number of morpholine rings is 1. The SMILES string of the molecule is Fc1ccc(CN2CCOCC23CCN(Cc2ccccc2F)CC3)cc1. The van der Waals surface area contributed by atoms with Crippen LogP contribution in [0.3, 0.4) is 0 Å². The molecule has 144 valence electrons. The summed E-state index contributed by atoms with van der Waals surface area (Å²) < 4.78 is 33.0. The Hall–Kier alpha value is -1.82. The third kappa shape index (κ3) is 4.21. The van der Waals surface area contributed by atoms with E-state index in [2.05, 4.69) is 9.80 Å². The van der Waals surface area contributed by atoms with Crippen molar-refractivity contribution < 1.29 is 13.5 Å². The van der Waals surface area contributed by atoms with Crippen molar-refractivity contribution in [3.63, 3.8) is 0 Å². The lowest BCUT2D eigenvalue weighted by molar-refractivity contribution is -0.0996. The summed E-state index contributed by atoms with van der Waals surface area (Å²) in [5.74, 6) is -0.325. The summed E-state index contributed by atoms with van der Waals surface area (Å²) in [6.07, 6.45) is 2.01. The number of ether oxygens (including phenoxy) is 1. The van der Waals surface area contributed by atoms with E-state index in [0.29, 0.717) is 6.54 Å². The molecule has 1 spiro atoms. The Morgan fingerprint density at radius 1 is 0.889 bits per heavy atom. The van der Waals surface area contributed by atoms with Crippen molar-refractivity contribution >= 4 is 0 Å². The number of piperidine rings is 1. The molecule has 2 heterocycles. The van der Waals surface area contributed by atoms with Gasteiger partial charge < -0.3 is 4.74 Å².